The largest absolute Gasteiger partial charge is 0.458 e. The molecule has 0 saturated heterocycles. The first-order valence-corrected chi connectivity index (χ1v) is 6.27. The molecule has 17 heavy (non-hydrogen) atoms. The number of allylic oxidation sites excluding steroid dienone is 1. The summed E-state index contributed by atoms with van der Waals surface area (Å²) in [5.41, 5.74) is 0.651. The smallest absolute Gasteiger partial charge is 0.338 e. The van der Waals surface area contributed by atoms with Gasteiger partial charge in [0.05, 0.1) is 5.56 Å². The van der Waals surface area contributed by atoms with Crippen LogP contribution in [0, 0.1) is 11.8 Å². The Kier molecular flexibility index (Phi) is 2.71. The normalized spacial score (nSPS) is 30.2. The van der Waals surface area contributed by atoms with Gasteiger partial charge in [0.1, 0.15) is 6.10 Å². The number of carbonyl (C=O) groups is 1. The quantitative estimate of drug-likeness (QED) is 0.574. The first-order valence-electron chi connectivity index (χ1n) is 6.27. The molecule has 0 radical (unpaired) electrons. The standard InChI is InChI=1S/C15H16O2/c16-15(12-5-2-1-3-6-12)17-14-10-9-11-7-4-8-13(11)14/h1-6,8,11,13-14H,7,9-10H2/t11-,13-,14+/m1/s1. The molecule has 1 saturated carbocycles. The number of hydrogen-bond acceptors (Lipinski definition) is 2. The number of hydrogen-bond donors (Lipinski definition) is 0. The van der Waals surface area contributed by atoms with Crippen molar-refractivity contribution in [3.8, 4) is 0 Å². The van der Waals surface area contributed by atoms with Crippen molar-refractivity contribution in [2.24, 2.45) is 11.8 Å². The second-order valence-electron chi connectivity index (χ2n) is 4.89. The summed E-state index contributed by atoms with van der Waals surface area (Å²) in [5, 5.41) is 0. The summed E-state index contributed by atoms with van der Waals surface area (Å²) in [6.45, 7) is 0. The molecule has 2 aliphatic rings. The van der Waals surface area contributed by atoms with Crippen molar-refractivity contribution in [3.05, 3.63) is 48.0 Å². The fourth-order valence-corrected chi connectivity index (χ4v) is 2.95. The average Bonchev–Trinajstić information content (AvgIpc) is 2.95. The van der Waals surface area contributed by atoms with Crippen molar-refractivity contribution in [1.82, 2.24) is 0 Å². The second kappa shape index (κ2) is 4.36. The summed E-state index contributed by atoms with van der Waals surface area (Å²) in [6.07, 6.45) is 7.89. The predicted molar refractivity (Wildman–Crippen MR) is 65.6 cm³/mol. The molecule has 0 aromatic heterocycles. The lowest BCUT2D eigenvalue weighted by molar-refractivity contribution is 0.0240. The maximum Gasteiger partial charge on any atom is 0.338 e. The highest BCUT2D eigenvalue weighted by atomic mass is 16.5. The lowest BCUT2D eigenvalue weighted by Crippen LogP contribution is -2.22. The van der Waals surface area contributed by atoms with Crippen LogP contribution < -0.4 is 0 Å². The molecule has 0 spiro atoms. The molecule has 88 valence electrons. The first-order chi connectivity index (χ1) is 8.34. The summed E-state index contributed by atoms with van der Waals surface area (Å²) in [6, 6.07) is 9.24. The van der Waals surface area contributed by atoms with Crippen molar-refractivity contribution in [2.45, 2.75) is 25.4 Å². The van der Waals surface area contributed by atoms with Crippen molar-refractivity contribution in [2.75, 3.05) is 0 Å². The summed E-state index contributed by atoms with van der Waals surface area (Å²) in [7, 11) is 0. The van der Waals surface area contributed by atoms with Gasteiger partial charge in [0, 0.05) is 5.92 Å². The highest BCUT2D eigenvalue weighted by molar-refractivity contribution is 5.89. The van der Waals surface area contributed by atoms with Gasteiger partial charge in [-0.1, -0.05) is 30.4 Å². The highest BCUT2D eigenvalue weighted by Crippen LogP contribution is 2.41. The minimum Gasteiger partial charge on any atom is -0.458 e. The van der Waals surface area contributed by atoms with Crippen LogP contribution in [0.3, 0.4) is 0 Å². The lowest BCUT2D eigenvalue weighted by atomic mass is 9.99. The zero-order valence-corrected chi connectivity index (χ0v) is 9.71. The molecule has 2 nitrogen and oxygen atoms in total. The number of fused-ring (bicyclic) bond motifs is 1. The number of ether oxygens (including phenoxy) is 1. The van der Waals surface area contributed by atoms with Crippen LogP contribution in [0.4, 0.5) is 0 Å². The van der Waals surface area contributed by atoms with Crippen LogP contribution >= 0.6 is 0 Å². The SMILES string of the molecule is O=C(O[C@H]1CC[C@H]2CC=C[C@H]21)c1ccccc1. The maximum atomic E-state index is 11.9. The van der Waals surface area contributed by atoms with E-state index in [0.29, 0.717) is 17.4 Å². The molecule has 0 unspecified atom stereocenters. The van der Waals surface area contributed by atoms with Gasteiger partial charge >= 0.3 is 5.97 Å². The van der Waals surface area contributed by atoms with E-state index in [0.717, 1.165) is 12.8 Å². The van der Waals surface area contributed by atoms with Crippen LogP contribution in [-0.2, 0) is 4.74 Å². The van der Waals surface area contributed by atoms with E-state index in [1.165, 1.54) is 6.42 Å². The topological polar surface area (TPSA) is 26.3 Å². The van der Waals surface area contributed by atoms with Gasteiger partial charge in [0.15, 0.2) is 0 Å². The fraction of sp³-hybridized carbons (Fsp3) is 0.400. The summed E-state index contributed by atoms with van der Waals surface area (Å²) in [4.78, 5) is 11.9. The molecule has 1 aromatic rings. The van der Waals surface area contributed by atoms with Gasteiger partial charge < -0.3 is 4.74 Å². The molecule has 0 aliphatic heterocycles. The molecule has 0 bridgehead atoms. The third-order valence-corrected chi connectivity index (χ3v) is 3.86. The van der Waals surface area contributed by atoms with E-state index in [4.69, 9.17) is 4.74 Å². The Morgan fingerprint density at radius 3 is 2.82 bits per heavy atom. The molecular weight excluding hydrogens is 212 g/mol. The Morgan fingerprint density at radius 1 is 1.18 bits per heavy atom. The molecule has 0 heterocycles. The van der Waals surface area contributed by atoms with Crippen LogP contribution in [0.2, 0.25) is 0 Å². The number of carbonyl (C=O) groups excluding carboxylic acids is 1. The van der Waals surface area contributed by atoms with Crippen molar-refractivity contribution < 1.29 is 9.53 Å². The highest BCUT2D eigenvalue weighted by Gasteiger charge is 2.38. The van der Waals surface area contributed by atoms with Crippen LogP contribution in [0.5, 0.6) is 0 Å². The lowest BCUT2D eigenvalue weighted by Gasteiger charge is -2.18. The number of rotatable bonds is 2. The number of benzene rings is 1. The van der Waals surface area contributed by atoms with Crippen molar-refractivity contribution in [3.63, 3.8) is 0 Å². The Labute approximate surface area is 101 Å². The van der Waals surface area contributed by atoms with Crippen molar-refractivity contribution in [1.29, 1.82) is 0 Å². The zero-order chi connectivity index (χ0) is 11.7. The molecule has 1 aromatic carbocycles. The summed E-state index contributed by atoms with van der Waals surface area (Å²) >= 11 is 0. The monoisotopic (exact) mass is 228 g/mol. The molecule has 3 atom stereocenters. The van der Waals surface area contributed by atoms with Gasteiger partial charge in [-0.25, -0.2) is 4.79 Å². The van der Waals surface area contributed by atoms with E-state index >= 15 is 0 Å². The third kappa shape index (κ3) is 1.99. The zero-order valence-electron chi connectivity index (χ0n) is 9.71. The average molecular weight is 228 g/mol. The first kappa shape index (κ1) is 10.6. The van der Waals surface area contributed by atoms with E-state index in [-0.39, 0.29) is 12.1 Å². The fourth-order valence-electron chi connectivity index (χ4n) is 2.95. The summed E-state index contributed by atoms with van der Waals surface area (Å²) < 4.78 is 5.62. The van der Waals surface area contributed by atoms with E-state index in [9.17, 15) is 4.79 Å². The van der Waals surface area contributed by atoms with Gasteiger partial charge in [-0.3, -0.25) is 0 Å². The number of esters is 1. The van der Waals surface area contributed by atoms with Gasteiger partial charge in [-0.05, 0) is 37.3 Å². The second-order valence-corrected chi connectivity index (χ2v) is 4.89. The van der Waals surface area contributed by atoms with Crippen molar-refractivity contribution >= 4 is 5.97 Å². The van der Waals surface area contributed by atoms with E-state index in [2.05, 4.69) is 12.2 Å². The Morgan fingerprint density at radius 2 is 2.00 bits per heavy atom. The molecule has 0 N–H and O–H groups in total. The van der Waals surface area contributed by atoms with Crippen LogP contribution in [0.1, 0.15) is 29.6 Å². The predicted octanol–water partition coefficient (Wildman–Crippen LogP) is 3.20. The van der Waals surface area contributed by atoms with E-state index in [1.807, 2.05) is 18.2 Å². The Bertz CT molecular complexity index is 435. The summed E-state index contributed by atoms with van der Waals surface area (Å²) in [5.74, 6) is 0.989. The van der Waals surface area contributed by atoms with Crippen LogP contribution in [0.15, 0.2) is 42.5 Å². The Hall–Kier alpha value is -1.57. The minimum atomic E-state index is -0.184. The van der Waals surface area contributed by atoms with Gasteiger partial charge in [0.25, 0.3) is 0 Å². The molecule has 0 amide bonds. The van der Waals surface area contributed by atoms with Gasteiger partial charge in [-0.2, -0.15) is 0 Å². The maximum absolute atomic E-state index is 11.9. The molecule has 2 aliphatic carbocycles. The van der Waals surface area contributed by atoms with Gasteiger partial charge in [-0.15, -0.1) is 0 Å². The molecule has 3 rings (SSSR count). The third-order valence-electron chi connectivity index (χ3n) is 3.86. The van der Waals surface area contributed by atoms with Crippen LogP contribution in [0.25, 0.3) is 0 Å². The molecular formula is C15H16O2. The van der Waals surface area contributed by atoms with E-state index < -0.39 is 0 Å². The Balaban J connectivity index is 1.68. The van der Waals surface area contributed by atoms with Crippen LogP contribution in [-0.4, -0.2) is 12.1 Å². The molecule has 1 fully saturated rings. The minimum absolute atomic E-state index is 0.0893. The van der Waals surface area contributed by atoms with E-state index in [1.54, 1.807) is 12.1 Å². The molecule has 2 heteroatoms. The van der Waals surface area contributed by atoms with Gasteiger partial charge in [0.2, 0.25) is 0 Å².